The summed E-state index contributed by atoms with van der Waals surface area (Å²) in [5, 5.41) is 3.08. The third-order valence-electron chi connectivity index (χ3n) is 4.13. The number of carbonyl (C=O) groups is 1. The molecule has 0 amide bonds. The predicted octanol–water partition coefficient (Wildman–Crippen LogP) is 4.32. The van der Waals surface area contributed by atoms with Gasteiger partial charge in [0.1, 0.15) is 0 Å². The van der Waals surface area contributed by atoms with Crippen LogP contribution in [-0.2, 0) is 6.54 Å². The van der Waals surface area contributed by atoms with Gasteiger partial charge in [-0.15, -0.1) is 11.3 Å². The van der Waals surface area contributed by atoms with Crippen molar-refractivity contribution in [3.05, 3.63) is 58.4 Å². The van der Waals surface area contributed by atoms with Crippen LogP contribution in [0.5, 0.6) is 0 Å². The fourth-order valence-corrected chi connectivity index (χ4v) is 3.52. The Hall–Kier alpha value is -1.91. The summed E-state index contributed by atoms with van der Waals surface area (Å²) in [5.41, 5.74) is 1.80. The lowest BCUT2D eigenvalue weighted by molar-refractivity contribution is 0.0838. The Morgan fingerprint density at radius 2 is 2.09 bits per heavy atom. The molecule has 0 saturated carbocycles. The number of thiophene rings is 1. The summed E-state index contributed by atoms with van der Waals surface area (Å²) in [6.45, 7) is 5.78. The number of likely N-dealkylation sites (N-methyl/N-ethyl adjacent to an activating group) is 1. The molecule has 4 heteroatoms. The third kappa shape index (κ3) is 2.85. The van der Waals surface area contributed by atoms with Crippen molar-refractivity contribution in [1.82, 2.24) is 9.88 Å². The first-order valence-corrected chi connectivity index (χ1v) is 8.45. The van der Waals surface area contributed by atoms with Crippen LogP contribution in [0.4, 0.5) is 0 Å². The highest BCUT2D eigenvalue weighted by molar-refractivity contribution is 7.09. The molecule has 3 rings (SSSR count). The van der Waals surface area contributed by atoms with Crippen LogP contribution in [0, 0.1) is 0 Å². The van der Waals surface area contributed by atoms with Crippen LogP contribution in [0.1, 0.15) is 29.1 Å². The molecule has 0 aliphatic rings. The van der Waals surface area contributed by atoms with Crippen molar-refractivity contribution in [3.63, 3.8) is 0 Å². The predicted molar refractivity (Wildman–Crippen MR) is 92.5 cm³/mol. The smallest absolute Gasteiger partial charge is 0.181 e. The number of benzene rings is 1. The highest BCUT2D eigenvalue weighted by Crippen LogP contribution is 2.22. The molecule has 1 N–H and O–H groups in total. The Morgan fingerprint density at radius 3 is 2.82 bits per heavy atom. The molecule has 1 aromatic carbocycles. The molecule has 2 heterocycles. The molecule has 0 fully saturated rings. The van der Waals surface area contributed by atoms with Gasteiger partial charge in [0.25, 0.3) is 0 Å². The van der Waals surface area contributed by atoms with Gasteiger partial charge >= 0.3 is 0 Å². The maximum absolute atomic E-state index is 12.9. The standard InChI is InChI=1S/C18H20N2OS/c1-3-20(12-14-7-6-10-22-14)13(2)18(21)16-11-19-17-9-5-4-8-15(16)17/h4-11,13,19H,3,12H2,1-2H3/t13-/m0/s1. The van der Waals surface area contributed by atoms with Gasteiger partial charge < -0.3 is 4.98 Å². The van der Waals surface area contributed by atoms with Crippen molar-refractivity contribution in [2.24, 2.45) is 0 Å². The maximum Gasteiger partial charge on any atom is 0.181 e. The van der Waals surface area contributed by atoms with Crippen LogP contribution in [0.15, 0.2) is 48.0 Å². The quantitative estimate of drug-likeness (QED) is 0.688. The van der Waals surface area contributed by atoms with Crippen molar-refractivity contribution < 1.29 is 4.79 Å². The second-order valence-electron chi connectivity index (χ2n) is 5.43. The lowest BCUT2D eigenvalue weighted by Crippen LogP contribution is -2.38. The van der Waals surface area contributed by atoms with E-state index in [9.17, 15) is 4.79 Å². The Balaban J connectivity index is 1.83. The summed E-state index contributed by atoms with van der Waals surface area (Å²) >= 11 is 1.74. The zero-order valence-electron chi connectivity index (χ0n) is 12.9. The van der Waals surface area contributed by atoms with Crippen molar-refractivity contribution >= 4 is 28.0 Å². The summed E-state index contributed by atoms with van der Waals surface area (Å²) < 4.78 is 0. The van der Waals surface area contributed by atoms with E-state index in [0.29, 0.717) is 0 Å². The molecule has 1 atom stereocenters. The molecule has 0 spiro atoms. The largest absolute Gasteiger partial charge is 0.360 e. The van der Waals surface area contributed by atoms with E-state index in [0.717, 1.165) is 29.6 Å². The molecule has 0 bridgehead atoms. The zero-order chi connectivity index (χ0) is 15.5. The van der Waals surface area contributed by atoms with E-state index in [2.05, 4.69) is 34.3 Å². The molecule has 0 aliphatic heterocycles. The minimum atomic E-state index is -0.133. The van der Waals surface area contributed by atoms with E-state index in [1.54, 1.807) is 11.3 Å². The summed E-state index contributed by atoms with van der Waals surface area (Å²) in [6, 6.07) is 12.0. The second kappa shape index (κ2) is 6.46. The minimum Gasteiger partial charge on any atom is -0.360 e. The second-order valence-corrected chi connectivity index (χ2v) is 6.46. The molecule has 2 aromatic heterocycles. The molecule has 0 unspecified atom stereocenters. The first-order chi connectivity index (χ1) is 10.7. The van der Waals surface area contributed by atoms with Gasteiger partial charge in [-0.1, -0.05) is 31.2 Å². The third-order valence-corrected chi connectivity index (χ3v) is 4.99. The summed E-state index contributed by atoms with van der Waals surface area (Å²) in [4.78, 5) is 19.6. The topological polar surface area (TPSA) is 36.1 Å². The van der Waals surface area contributed by atoms with Crippen LogP contribution >= 0.6 is 11.3 Å². The molecular formula is C18H20N2OS. The minimum absolute atomic E-state index is 0.133. The Morgan fingerprint density at radius 1 is 1.27 bits per heavy atom. The van der Waals surface area contributed by atoms with Crippen LogP contribution in [0.3, 0.4) is 0 Å². The first kappa shape index (κ1) is 15.0. The number of aromatic amines is 1. The van der Waals surface area contributed by atoms with Gasteiger partial charge in [-0.2, -0.15) is 0 Å². The van der Waals surface area contributed by atoms with E-state index in [1.807, 2.05) is 37.4 Å². The average molecular weight is 312 g/mol. The molecule has 22 heavy (non-hydrogen) atoms. The molecule has 114 valence electrons. The van der Waals surface area contributed by atoms with E-state index >= 15 is 0 Å². The van der Waals surface area contributed by atoms with Gasteiger partial charge in [-0.3, -0.25) is 9.69 Å². The number of rotatable bonds is 6. The Bertz CT molecular complexity index is 760. The van der Waals surface area contributed by atoms with Crippen LogP contribution in [-0.4, -0.2) is 28.3 Å². The number of hydrogen-bond acceptors (Lipinski definition) is 3. The fourth-order valence-electron chi connectivity index (χ4n) is 2.79. The molecule has 3 aromatic rings. The number of aromatic nitrogens is 1. The molecule has 0 saturated heterocycles. The van der Waals surface area contributed by atoms with Gasteiger partial charge in [0.2, 0.25) is 0 Å². The monoisotopic (exact) mass is 312 g/mol. The zero-order valence-corrected chi connectivity index (χ0v) is 13.7. The van der Waals surface area contributed by atoms with Crippen LogP contribution in [0.2, 0.25) is 0 Å². The highest BCUT2D eigenvalue weighted by Gasteiger charge is 2.23. The van der Waals surface area contributed by atoms with Crippen molar-refractivity contribution in [2.45, 2.75) is 26.4 Å². The lowest BCUT2D eigenvalue weighted by atomic mass is 10.0. The molecule has 0 aliphatic carbocycles. The highest BCUT2D eigenvalue weighted by atomic mass is 32.1. The number of ketones is 1. The summed E-state index contributed by atoms with van der Waals surface area (Å²) in [5.74, 6) is 0.177. The van der Waals surface area contributed by atoms with E-state index in [1.165, 1.54) is 4.88 Å². The van der Waals surface area contributed by atoms with Gasteiger partial charge in [-0.25, -0.2) is 0 Å². The number of fused-ring (bicyclic) bond motifs is 1. The van der Waals surface area contributed by atoms with Crippen molar-refractivity contribution in [2.75, 3.05) is 6.54 Å². The summed E-state index contributed by atoms with van der Waals surface area (Å²) in [7, 11) is 0. The Kier molecular flexibility index (Phi) is 4.41. The van der Waals surface area contributed by atoms with Gasteiger partial charge in [0, 0.05) is 34.1 Å². The number of H-pyrrole nitrogens is 1. The lowest BCUT2D eigenvalue weighted by Gasteiger charge is -2.26. The number of para-hydroxylation sites is 1. The number of nitrogens with one attached hydrogen (secondary N) is 1. The van der Waals surface area contributed by atoms with E-state index in [-0.39, 0.29) is 11.8 Å². The number of nitrogens with zero attached hydrogens (tertiary/aromatic N) is 1. The van der Waals surface area contributed by atoms with Crippen molar-refractivity contribution in [3.8, 4) is 0 Å². The van der Waals surface area contributed by atoms with Gasteiger partial charge in [-0.05, 0) is 31.0 Å². The Labute approximate surface area is 134 Å². The molecule has 0 radical (unpaired) electrons. The fraction of sp³-hybridized carbons (Fsp3) is 0.278. The van der Waals surface area contributed by atoms with Crippen molar-refractivity contribution in [1.29, 1.82) is 0 Å². The SMILES string of the molecule is CCN(Cc1cccs1)[C@@H](C)C(=O)c1c[nH]c2ccccc12. The molecular weight excluding hydrogens is 292 g/mol. The maximum atomic E-state index is 12.9. The molecule has 3 nitrogen and oxygen atoms in total. The number of hydrogen-bond donors (Lipinski definition) is 1. The van der Waals surface area contributed by atoms with Crippen LogP contribution < -0.4 is 0 Å². The van der Waals surface area contributed by atoms with Crippen LogP contribution in [0.25, 0.3) is 10.9 Å². The number of carbonyl (C=O) groups excluding carboxylic acids is 1. The summed E-state index contributed by atoms with van der Waals surface area (Å²) in [6.07, 6.45) is 1.84. The average Bonchev–Trinajstić information content (AvgIpc) is 3.20. The number of Topliss-reactive ketones (excluding diaryl/α,β-unsaturated/α-hetero) is 1. The van der Waals surface area contributed by atoms with E-state index < -0.39 is 0 Å². The van der Waals surface area contributed by atoms with Gasteiger partial charge in [0.15, 0.2) is 5.78 Å². The first-order valence-electron chi connectivity index (χ1n) is 7.57. The van der Waals surface area contributed by atoms with E-state index in [4.69, 9.17) is 0 Å². The normalized spacial score (nSPS) is 12.9. The van der Waals surface area contributed by atoms with Gasteiger partial charge in [0.05, 0.1) is 6.04 Å².